The standard InChI is InChI=1S/C18H21N3O4S/c1-3-25-16(22)11-7-8-14-15(9-11)26-18(20-14)21-17(23)19-12-5-4-6-13(10-12)24-2/h4-6,10-11H,3,7-9H2,1-2H3,(H2,19,20,21,23). The molecule has 1 aliphatic rings. The molecule has 0 saturated heterocycles. The molecule has 1 aromatic carbocycles. The number of amides is 2. The van der Waals surface area contributed by atoms with Crippen LogP contribution >= 0.6 is 11.3 Å². The van der Waals surface area contributed by atoms with Crippen molar-refractivity contribution < 1.29 is 19.1 Å². The highest BCUT2D eigenvalue weighted by atomic mass is 32.1. The summed E-state index contributed by atoms with van der Waals surface area (Å²) in [5, 5.41) is 6.03. The zero-order chi connectivity index (χ0) is 18.5. The second-order valence-electron chi connectivity index (χ2n) is 5.89. The van der Waals surface area contributed by atoms with Gasteiger partial charge in [-0.25, -0.2) is 9.78 Å². The average molecular weight is 375 g/mol. The van der Waals surface area contributed by atoms with E-state index in [4.69, 9.17) is 9.47 Å². The van der Waals surface area contributed by atoms with Crippen LogP contribution in [0.4, 0.5) is 15.6 Å². The smallest absolute Gasteiger partial charge is 0.325 e. The van der Waals surface area contributed by atoms with E-state index >= 15 is 0 Å². The summed E-state index contributed by atoms with van der Waals surface area (Å²) in [5.74, 6) is 0.385. The van der Waals surface area contributed by atoms with Crippen LogP contribution < -0.4 is 15.4 Å². The molecule has 3 rings (SSSR count). The Labute approximate surface area is 155 Å². The van der Waals surface area contributed by atoms with E-state index in [1.165, 1.54) is 11.3 Å². The van der Waals surface area contributed by atoms with Gasteiger partial charge in [-0.15, -0.1) is 11.3 Å². The number of aromatic nitrogens is 1. The fraction of sp³-hybridized carbons (Fsp3) is 0.389. The molecule has 2 amide bonds. The fourth-order valence-corrected chi connectivity index (χ4v) is 3.93. The number of carbonyl (C=O) groups is 2. The minimum absolute atomic E-state index is 0.124. The molecule has 2 N–H and O–H groups in total. The summed E-state index contributed by atoms with van der Waals surface area (Å²) in [5.41, 5.74) is 1.58. The Morgan fingerprint density at radius 2 is 2.19 bits per heavy atom. The van der Waals surface area contributed by atoms with Gasteiger partial charge in [-0.1, -0.05) is 6.07 Å². The van der Waals surface area contributed by atoms with E-state index in [0.717, 1.165) is 17.0 Å². The van der Waals surface area contributed by atoms with Gasteiger partial charge in [0.15, 0.2) is 5.13 Å². The largest absolute Gasteiger partial charge is 0.497 e. The molecule has 0 bridgehead atoms. The van der Waals surface area contributed by atoms with E-state index in [1.54, 1.807) is 31.4 Å². The van der Waals surface area contributed by atoms with Crippen LogP contribution in [-0.4, -0.2) is 30.7 Å². The summed E-state index contributed by atoms with van der Waals surface area (Å²) in [4.78, 5) is 29.6. The highest BCUT2D eigenvalue weighted by Crippen LogP contribution is 2.33. The first-order valence-corrected chi connectivity index (χ1v) is 9.28. The summed E-state index contributed by atoms with van der Waals surface area (Å²) in [7, 11) is 1.57. The van der Waals surface area contributed by atoms with E-state index in [0.29, 0.717) is 36.0 Å². The molecule has 0 fully saturated rings. The van der Waals surface area contributed by atoms with Gasteiger partial charge in [0, 0.05) is 16.6 Å². The van der Waals surface area contributed by atoms with Crippen molar-refractivity contribution >= 4 is 34.2 Å². The molecule has 138 valence electrons. The van der Waals surface area contributed by atoms with E-state index in [9.17, 15) is 9.59 Å². The predicted molar refractivity (Wildman–Crippen MR) is 99.9 cm³/mol. The van der Waals surface area contributed by atoms with Crippen molar-refractivity contribution in [1.29, 1.82) is 0 Å². The number of benzene rings is 1. The van der Waals surface area contributed by atoms with E-state index < -0.39 is 0 Å². The minimum Gasteiger partial charge on any atom is -0.497 e. The molecule has 0 spiro atoms. The van der Waals surface area contributed by atoms with Crippen LogP contribution in [0.5, 0.6) is 5.75 Å². The molecule has 0 aliphatic heterocycles. The Kier molecular flexibility index (Phi) is 5.72. The Morgan fingerprint density at radius 1 is 1.35 bits per heavy atom. The van der Waals surface area contributed by atoms with Gasteiger partial charge in [0.25, 0.3) is 0 Å². The Balaban J connectivity index is 1.61. The summed E-state index contributed by atoms with van der Waals surface area (Å²) in [6, 6.07) is 6.74. The van der Waals surface area contributed by atoms with Gasteiger partial charge in [0.05, 0.1) is 25.3 Å². The summed E-state index contributed by atoms with van der Waals surface area (Å²) in [6.07, 6.45) is 2.06. The number of anilines is 2. The number of hydrogen-bond donors (Lipinski definition) is 2. The van der Waals surface area contributed by atoms with Crippen LogP contribution in [0.1, 0.15) is 23.9 Å². The highest BCUT2D eigenvalue weighted by Gasteiger charge is 2.28. The van der Waals surface area contributed by atoms with Crippen molar-refractivity contribution in [2.45, 2.75) is 26.2 Å². The molecular formula is C18H21N3O4S. The number of carbonyl (C=O) groups excluding carboxylic acids is 2. The van der Waals surface area contributed by atoms with Crippen molar-refractivity contribution in [2.75, 3.05) is 24.4 Å². The van der Waals surface area contributed by atoms with Crippen LogP contribution in [0.2, 0.25) is 0 Å². The first-order chi connectivity index (χ1) is 12.6. The number of esters is 1. The van der Waals surface area contributed by atoms with Gasteiger partial charge in [-0.2, -0.15) is 0 Å². The number of fused-ring (bicyclic) bond motifs is 1. The van der Waals surface area contributed by atoms with Gasteiger partial charge in [0.2, 0.25) is 0 Å². The molecule has 1 aromatic heterocycles. The van der Waals surface area contributed by atoms with Crippen molar-refractivity contribution in [2.24, 2.45) is 5.92 Å². The highest BCUT2D eigenvalue weighted by molar-refractivity contribution is 7.15. The van der Waals surface area contributed by atoms with Gasteiger partial charge in [-0.05, 0) is 38.3 Å². The number of methoxy groups -OCH3 is 1. The predicted octanol–water partition coefficient (Wildman–Crippen LogP) is 3.46. The number of rotatable bonds is 5. The number of urea groups is 1. The molecular weight excluding hydrogens is 354 g/mol. The SMILES string of the molecule is CCOC(=O)C1CCc2nc(NC(=O)Nc3cccc(OC)c3)sc2C1. The summed E-state index contributed by atoms with van der Waals surface area (Å²) in [6.45, 7) is 2.20. The fourth-order valence-electron chi connectivity index (χ4n) is 2.85. The molecule has 26 heavy (non-hydrogen) atoms. The maximum absolute atomic E-state index is 12.2. The lowest BCUT2D eigenvalue weighted by Gasteiger charge is -2.18. The van der Waals surface area contributed by atoms with E-state index in [2.05, 4.69) is 15.6 Å². The maximum atomic E-state index is 12.2. The number of ether oxygens (including phenoxy) is 2. The molecule has 7 nitrogen and oxygen atoms in total. The van der Waals surface area contributed by atoms with Crippen molar-refractivity contribution in [3.8, 4) is 5.75 Å². The van der Waals surface area contributed by atoms with E-state index in [1.807, 2.05) is 6.92 Å². The quantitative estimate of drug-likeness (QED) is 0.781. The van der Waals surface area contributed by atoms with Crippen LogP contribution in [0, 0.1) is 5.92 Å². The second kappa shape index (κ2) is 8.18. The molecule has 1 unspecified atom stereocenters. The normalized spacial score (nSPS) is 15.7. The van der Waals surface area contributed by atoms with Gasteiger partial charge in [0.1, 0.15) is 5.75 Å². The average Bonchev–Trinajstić information content (AvgIpc) is 3.03. The lowest BCUT2D eigenvalue weighted by atomic mass is 9.91. The third-order valence-electron chi connectivity index (χ3n) is 4.11. The number of nitrogens with one attached hydrogen (secondary N) is 2. The molecule has 2 aromatic rings. The van der Waals surface area contributed by atoms with Crippen molar-refractivity contribution in [3.63, 3.8) is 0 Å². The van der Waals surface area contributed by atoms with Crippen LogP contribution in [0.3, 0.4) is 0 Å². The Bertz CT molecular complexity index is 805. The minimum atomic E-state index is -0.369. The zero-order valence-corrected chi connectivity index (χ0v) is 15.5. The first kappa shape index (κ1) is 18.2. The third-order valence-corrected chi connectivity index (χ3v) is 5.14. The molecule has 0 radical (unpaired) electrons. The molecule has 1 heterocycles. The monoisotopic (exact) mass is 375 g/mol. The maximum Gasteiger partial charge on any atom is 0.325 e. The number of thiazole rings is 1. The number of hydrogen-bond acceptors (Lipinski definition) is 6. The van der Waals surface area contributed by atoms with Crippen molar-refractivity contribution in [1.82, 2.24) is 4.98 Å². The second-order valence-corrected chi connectivity index (χ2v) is 6.98. The number of aryl methyl sites for hydroxylation is 1. The van der Waals surface area contributed by atoms with Crippen LogP contribution in [0.15, 0.2) is 24.3 Å². The Morgan fingerprint density at radius 3 is 2.96 bits per heavy atom. The lowest BCUT2D eigenvalue weighted by molar-refractivity contribution is -0.148. The van der Waals surface area contributed by atoms with Gasteiger partial charge < -0.3 is 14.8 Å². The van der Waals surface area contributed by atoms with Crippen molar-refractivity contribution in [3.05, 3.63) is 34.8 Å². The third kappa shape index (κ3) is 4.32. The molecule has 1 atom stereocenters. The van der Waals surface area contributed by atoms with Crippen LogP contribution in [-0.2, 0) is 22.4 Å². The number of nitrogens with zero attached hydrogens (tertiary/aromatic N) is 1. The Hall–Kier alpha value is -2.61. The first-order valence-electron chi connectivity index (χ1n) is 8.46. The summed E-state index contributed by atoms with van der Waals surface area (Å²) >= 11 is 1.41. The topological polar surface area (TPSA) is 89.5 Å². The van der Waals surface area contributed by atoms with E-state index in [-0.39, 0.29) is 17.9 Å². The zero-order valence-electron chi connectivity index (χ0n) is 14.7. The molecule has 8 heteroatoms. The van der Waals surface area contributed by atoms with Gasteiger partial charge in [-0.3, -0.25) is 10.1 Å². The lowest BCUT2D eigenvalue weighted by Crippen LogP contribution is -2.24. The molecule has 1 aliphatic carbocycles. The molecule has 0 saturated carbocycles. The van der Waals surface area contributed by atoms with Crippen LogP contribution in [0.25, 0.3) is 0 Å². The van der Waals surface area contributed by atoms with Gasteiger partial charge >= 0.3 is 12.0 Å². The summed E-state index contributed by atoms with van der Waals surface area (Å²) < 4.78 is 10.2.